The summed E-state index contributed by atoms with van der Waals surface area (Å²) in [6.07, 6.45) is 0. The quantitative estimate of drug-likeness (QED) is 0.675. The molecule has 1 fully saturated rings. The van der Waals surface area contributed by atoms with Crippen molar-refractivity contribution >= 4 is 33.7 Å². The van der Waals surface area contributed by atoms with Crippen molar-refractivity contribution in [3.8, 4) is 11.5 Å². The van der Waals surface area contributed by atoms with Gasteiger partial charge in [0.2, 0.25) is 0 Å². The van der Waals surface area contributed by atoms with Crippen molar-refractivity contribution in [2.45, 2.75) is 24.9 Å². The maximum atomic E-state index is 11.2. The lowest BCUT2D eigenvalue weighted by molar-refractivity contribution is -0.138. The molecule has 1 heterocycles. The Morgan fingerprint density at radius 2 is 2.08 bits per heavy atom. The molecule has 0 unspecified atom stereocenters. The lowest BCUT2D eigenvalue weighted by Crippen LogP contribution is -2.33. The fourth-order valence-corrected chi connectivity index (χ4v) is 4.47. The summed E-state index contributed by atoms with van der Waals surface area (Å²) in [5, 5.41) is 12.2. The van der Waals surface area contributed by atoms with E-state index in [4.69, 9.17) is 14.6 Å². The molecule has 0 bridgehead atoms. The van der Waals surface area contributed by atoms with Gasteiger partial charge in [0.15, 0.2) is 11.5 Å². The van der Waals surface area contributed by atoms with E-state index in [1.54, 1.807) is 11.8 Å². The number of ether oxygens (including phenoxy) is 2. The Hall–Kier alpha value is -1.70. The molecule has 1 aliphatic heterocycles. The molecule has 7 heteroatoms. The molecule has 0 saturated carbocycles. The SMILES string of the molecule is CCOc1cc([C@H]2N[C@@H](C(=O)O)CS2)cc(Br)c1OCc1ccccc1. The first-order valence-electron chi connectivity index (χ1n) is 8.32. The molecule has 138 valence electrons. The molecule has 0 aromatic heterocycles. The molecule has 2 aromatic carbocycles. The molecule has 2 aromatic rings. The molecule has 1 saturated heterocycles. The van der Waals surface area contributed by atoms with Crippen LogP contribution in [-0.4, -0.2) is 29.5 Å². The third-order valence-electron chi connectivity index (χ3n) is 3.94. The number of carbonyl (C=O) groups is 1. The molecule has 26 heavy (non-hydrogen) atoms. The molecule has 2 atom stereocenters. The average molecular weight is 438 g/mol. The number of aliphatic carboxylic acids is 1. The van der Waals surface area contributed by atoms with Crippen LogP contribution in [0, 0.1) is 0 Å². The predicted molar refractivity (Wildman–Crippen MR) is 106 cm³/mol. The second kappa shape index (κ2) is 8.79. The summed E-state index contributed by atoms with van der Waals surface area (Å²) in [6.45, 7) is 2.88. The van der Waals surface area contributed by atoms with Crippen LogP contribution in [0.3, 0.4) is 0 Å². The zero-order valence-corrected chi connectivity index (χ0v) is 16.7. The van der Waals surface area contributed by atoms with E-state index in [2.05, 4.69) is 21.2 Å². The molecule has 1 aliphatic rings. The standard InChI is InChI=1S/C19H20BrNO4S/c1-2-24-16-9-13(18-21-15(11-26-18)19(22)23)8-14(20)17(16)25-10-12-6-4-3-5-7-12/h3-9,15,18,21H,2,10-11H2,1H3,(H,22,23)/t15-,18+/m1/s1. The number of rotatable bonds is 7. The third-order valence-corrected chi connectivity index (χ3v) is 5.80. The van der Waals surface area contributed by atoms with Gasteiger partial charge in [-0.05, 0) is 46.1 Å². The number of halogens is 1. The Bertz CT molecular complexity index is 772. The van der Waals surface area contributed by atoms with Crippen LogP contribution in [-0.2, 0) is 11.4 Å². The van der Waals surface area contributed by atoms with Crippen LogP contribution in [0.1, 0.15) is 23.4 Å². The van der Waals surface area contributed by atoms with Gasteiger partial charge in [0, 0.05) is 5.75 Å². The van der Waals surface area contributed by atoms with Gasteiger partial charge >= 0.3 is 5.97 Å². The van der Waals surface area contributed by atoms with Crippen LogP contribution in [0.4, 0.5) is 0 Å². The number of nitrogens with one attached hydrogen (secondary N) is 1. The molecular weight excluding hydrogens is 418 g/mol. The zero-order valence-electron chi connectivity index (χ0n) is 14.3. The highest BCUT2D eigenvalue weighted by molar-refractivity contribution is 9.10. The van der Waals surface area contributed by atoms with Crippen LogP contribution in [0.25, 0.3) is 0 Å². The predicted octanol–water partition coefficient (Wildman–Crippen LogP) is 4.22. The summed E-state index contributed by atoms with van der Waals surface area (Å²) in [4.78, 5) is 11.2. The lowest BCUT2D eigenvalue weighted by atomic mass is 10.2. The Morgan fingerprint density at radius 1 is 1.31 bits per heavy atom. The van der Waals surface area contributed by atoms with Crippen LogP contribution >= 0.6 is 27.7 Å². The number of hydrogen-bond acceptors (Lipinski definition) is 5. The summed E-state index contributed by atoms with van der Waals surface area (Å²) in [5.41, 5.74) is 2.03. The van der Waals surface area contributed by atoms with Crippen molar-refractivity contribution in [2.75, 3.05) is 12.4 Å². The third kappa shape index (κ3) is 4.52. The second-order valence-electron chi connectivity index (χ2n) is 5.81. The van der Waals surface area contributed by atoms with Crippen LogP contribution in [0.15, 0.2) is 46.9 Å². The highest BCUT2D eigenvalue weighted by atomic mass is 79.9. The van der Waals surface area contributed by atoms with E-state index in [-0.39, 0.29) is 5.37 Å². The maximum Gasteiger partial charge on any atom is 0.321 e. The summed E-state index contributed by atoms with van der Waals surface area (Å²) in [5.74, 6) is 1.01. The van der Waals surface area contributed by atoms with E-state index in [9.17, 15) is 4.79 Å². The highest BCUT2D eigenvalue weighted by Crippen LogP contribution is 2.42. The molecule has 2 N–H and O–H groups in total. The minimum absolute atomic E-state index is 0.0882. The Labute approximate surface area is 165 Å². The number of benzene rings is 2. The van der Waals surface area contributed by atoms with Crippen molar-refractivity contribution in [1.82, 2.24) is 5.32 Å². The molecule has 5 nitrogen and oxygen atoms in total. The van der Waals surface area contributed by atoms with Gasteiger partial charge in [0.25, 0.3) is 0 Å². The van der Waals surface area contributed by atoms with E-state index in [0.717, 1.165) is 15.6 Å². The summed E-state index contributed by atoms with van der Waals surface area (Å²) in [6, 6.07) is 13.3. The highest BCUT2D eigenvalue weighted by Gasteiger charge is 2.31. The number of carboxylic acid groups (broad SMARTS) is 1. The normalized spacial score (nSPS) is 19.3. The Kier molecular flexibility index (Phi) is 6.45. The van der Waals surface area contributed by atoms with Crippen molar-refractivity contribution in [3.05, 3.63) is 58.1 Å². The minimum Gasteiger partial charge on any atom is -0.490 e. The first-order valence-corrected chi connectivity index (χ1v) is 10.2. The van der Waals surface area contributed by atoms with E-state index in [1.807, 2.05) is 49.4 Å². The fraction of sp³-hybridized carbons (Fsp3) is 0.316. The van der Waals surface area contributed by atoms with Crippen molar-refractivity contribution in [1.29, 1.82) is 0 Å². The van der Waals surface area contributed by atoms with Gasteiger partial charge in [-0.2, -0.15) is 0 Å². The second-order valence-corrected chi connectivity index (χ2v) is 7.80. The van der Waals surface area contributed by atoms with Gasteiger partial charge in [-0.25, -0.2) is 0 Å². The molecule has 0 aliphatic carbocycles. The van der Waals surface area contributed by atoms with E-state index in [0.29, 0.717) is 30.5 Å². The fourth-order valence-electron chi connectivity index (χ4n) is 2.68. The first kappa shape index (κ1) is 19.1. The number of carboxylic acids is 1. The van der Waals surface area contributed by atoms with E-state index >= 15 is 0 Å². The van der Waals surface area contributed by atoms with E-state index < -0.39 is 12.0 Å². The van der Waals surface area contributed by atoms with Gasteiger partial charge in [0.05, 0.1) is 16.5 Å². The van der Waals surface area contributed by atoms with Gasteiger partial charge in [0.1, 0.15) is 12.6 Å². The van der Waals surface area contributed by atoms with Gasteiger partial charge in [-0.15, -0.1) is 11.8 Å². The number of hydrogen-bond donors (Lipinski definition) is 2. The van der Waals surface area contributed by atoms with Crippen molar-refractivity contribution in [2.24, 2.45) is 0 Å². The maximum absolute atomic E-state index is 11.2. The number of thioether (sulfide) groups is 1. The smallest absolute Gasteiger partial charge is 0.321 e. The summed E-state index contributed by atoms with van der Waals surface area (Å²) < 4.78 is 12.6. The molecule has 3 rings (SSSR count). The monoisotopic (exact) mass is 437 g/mol. The largest absolute Gasteiger partial charge is 0.490 e. The van der Waals surface area contributed by atoms with Gasteiger partial charge in [-0.1, -0.05) is 30.3 Å². The minimum atomic E-state index is -0.827. The van der Waals surface area contributed by atoms with Crippen molar-refractivity contribution in [3.63, 3.8) is 0 Å². The average Bonchev–Trinajstić information content (AvgIpc) is 3.12. The summed E-state index contributed by atoms with van der Waals surface area (Å²) >= 11 is 5.15. The van der Waals surface area contributed by atoms with Crippen molar-refractivity contribution < 1.29 is 19.4 Å². The Balaban J connectivity index is 1.80. The molecular formula is C19H20BrNO4S. The molecule has 0 spiro atoms. The Morgan fingerprint density at radius 3 is 2.73 bits per heavy atom. The zero-order chi connectivity index (χ0) is 18.5. The van der Waals surface area contributed by atoms with E-state index in [1.165, 1.54) is 0 Å². The lowest BCUT2D eigenvalue weighted by Gasteiger charge is -2.18. The van der Waals surface area contributed by atoms with Crippen LogP contribution in [0.5, 0.6) is 11.5 Å². The first-order chi connectivity index (χ1) is 12.6. The van der Waals surface area contributed by atoms with Crippen LogP contribution in [0.2, 0.25) is 0 Å². The van der Waals surface area contributed by atoms with Crippen LogP contribution < -0.4 is 14.8 Å². The molecule has 0 amide bonds. The van der Waals surface area contributed by atoms with Gasteiger partial charge < -0.3 is 14.6 Å². The molecule has 0 radical (unpaired) electrons. The van der Waals surface area contributed by atoms with Gasteiger partial charge in [-0.3, -0.25) is 10.1 Å². The topological polar surface area (TPSA) is 67.8 Å². The summed E-state index contributed by atoms with van der Waals surface area (Å²) in [7, 11) is 0.